The van der Waals surface area contributed by atoms with Gasteiger partial charge < -0.3 is 10.1 Å². The van der Waals surface area contributed by atoms with E-state index >= 15 is 0 Å². The molecule has 1 amide bonds. The molecule has 1 N–H and O–H groups in total. The van der Waals surface area contributed by atoms with Crippen molar-refractivity contribution in [1.29, 1.82) is 0 Å². The quantitative estimate of drug-likeness (QED) is 0.707. The lowest BCUT2D eigenvalue weighted by Crippen LogP contribution is -2.50. The molecule has 0 radical (unpaired) electrons. The fourth-order valence-corrected chi connectivity index (χ4v) is 3.59. The summed E-state index contributed by atoms with van der Waals surface area (Å²) < 4.78 is 5.42. The molecule has 3 nitrogen and oxygen atoms in total. The SMILES string of the molecule is CC1C(=O)NC2(CCOCC2)C1C1CC1. The van der Waals surface area contributed by atoms with Crippen molar-refractivity contribution >= 4 is 5.91 Å². The molecule has 15 heavy (non-hydrogen) atoms. The average Bonchev–Trinajstić information content (AvgIpc) is 3.00. The summed E-state index contributed by atoms with van der Waals surface area (Å²) in [6, 6.07) is 0. The standard InChI is InChI=1S/C12H19NO2/c1-8-10(9-2-3-9)12(13-11(8)14)4-6-15-7-5-12/h8-10H,2-7H2,1H3,(H,13,14). The molecule has 1 saturated carbocycles. The van der Waals surface area contributed by atoms with Crippen LogP contribution in [0.3, 0.4) is 0 Å². The molecule has 3 fully saturated rings. The fourth-order valence-electron chi connectivity index (χ4n) is 3.59. The maximum absolute atomic E-state index is 11.8. The third-order valence-corrected chi connectivity index (χ3v) is 4.48. The van der Waals surface area contributed by atoms with Crippen molar-refractivity contribution in [1.82, 2.24) is 5.32 Å². The second-order valence-electron chi connectivity index (χ2n) is 5.41. The first-order chi connectivity index (χ1) is 7.23. The van der Waals surface area contributed by atoms with Crippen molar-refractivity contribution < 1.29 is 9.53 Å². The molecule has 0 aromatic heterocycles. The molecule has 0 aromatic carbocycles. The van der Waals surface area contributed by atoms with E-state index in [9.17, 15) is 4.79 Å². The van der Waals surface area contributed by atoms with Gasteiger partial charge in [-0.1, -0.05) is 6.92 Å². The van der Waals surface area contributed by atoms with Gasteiger partial charge in [-0.15, -0.1) is 0 Å². The highest BCUT2D eigenvalue weighted by Crippen LogP contribution is 2.51. The smallest absolute Gasteiger partial charge is 0.223 e. The second-order valence-corrected chi connectivity index (χ2v) is 5.41. The van der Waals surface area contributed by atoms with Gasteiger partial charge in [0.1, 0.15) is 0 Å². The Morgan fingerprint density at radius 1 is 1.33 bits per heavy atom. The summed E-state index contributed by atoms with van der Waals surface area (Å²) in [6.07, 6.45) is 4.69. The van der Waals surface area contributed by atoms with E-state index in [1.807, 2.05) is 0 Å². The Kier molecular flexibility index (Phi) is 2.06. The molecule has 2 heterocycles. The van der Waals surface area contributed by atoms with Crippen molar-refractivity contribution in [2.24, 2.45) is 17.8 Å². The Morgan fingerprint density at radius 3 is 2.60 bits per heavy atom. The summed E-state index contributed by atoms with van der Waals surface area (Å²) in [5.41, 5.74) is 0.0932. The molecule has 2 atom stereocenters. The number of hydrogen-bond donors (Lipinski definition) is 1. The second kappa shape index (κ2) is 3.21. The predicted octanol–water partition coefficient (Wildman–Crippen LogP) is 1.33. The van der Waals surface area contributed by atoms with Crippen LogP contribution in [0.2, 0.25) is 0 Å². The van der Waals surface area contributed by atoms with Gasteiger partial charge in [0.15, 0.2) is 0 Å². The number of carbonyl (C=O) groups is 1. The zero-order chi connectivity index (χ0) is 10.5. The minimum atomic E-state index is 0.0932. The van der Waals surface area contributed by atoms with Crippen molar-refractivity contribution in [2.75, 3.05) is 13.2 Å². The highest BCUT2D eigenvalue weighted by atomic mass is 16.5. The summed E-state index contributed by atoms with van der Waals surface area (Å²) in [5, 5.41) is 3.27. The number of hydrogen-bond acceptors (Lipinski definition) is 2. The van der Waals surface area contributed by atoms with Crippen LogP contribution in [0.1, 0.15) is 32.6 Å². The Hall–Kier alpha value is -0.570. The zero-order valence-corrected chi connectivity index (χ0v) is 9.29. The molecule has 2 unspecified atom stereocenters. The van der Waals surface area contributed by atoms with Gasteiger partial charge in [0.2, 0.25) is 5.91 Å². The highest BCUT2D eigenvalue weighted by Gasteiger charge is 2.56. The molecule has 3 aliphatic rings. The van der Waals surface area contributed by atoms with E-state index in [-0.39, 0.29) is 17.4 Å². The molecule has 3 rings (SSSR count). The molecule has 2 saturated heterocycles. The number of ether oxygens (including phenoxy) is 1. The molecule has 1 aliphatic carbocycles. The van der Waals surface area contributed by atoms with Gasteiger partial charge in [-0.25, -0.2) is 0 Å². The summed E-state index contributed by atoms with van der Waals surface area (Å²) in [4.78, 5) is 11.8. The first-order valence-corrected chi connectivity index (χ1v) is 6.13. The zero-order valence-electron chi connectivity index (χ0n) is 9.29. The Labute approximate surface area is 90.6 Å². The first kappa shape index (κ1) is 9.64. The van der Waals surface area contributed by atoms with Gasteiger partial charge >= 0.3 is 0 Å². The maximum atomic E-state index is 11.8. The lowest BCUT2D eigenvalue weighted by molar-refractivity contribution is -0.123. The van der Waals surface area contributed by atoms with E-state index in [4.69, 9.17) is 4.74 Å². The number of carbonyl (C=O) groups excluding carboxylic acids is 1. The topological polar surface area (TPSA) is 38.3 Å². The van der Waals surface area contributed by atoms with Crippen LogP contribution in [0.15, 0.2) is 0 Å². The molecule has 2 aliphatic heterocycles. The van der Waals surface area contributed by atoms with E-state index in [1.165, 1.54) is 12.8 Å². The minimum absolute atomic E-state index is 0.0932. The van der Waals surface area contributed by atoms with Gasteiger partial charge in [-0.05, 0) is 37.5 Å². The van der Waals surface area contributed by atoms with Crippen LogP contribution in [0.5, 0.6) is 0 Å². The minimum Gasteiger partial charge on any atom is -0.381 e. The summed E-state index contributed by atoms with van der Waals surface area (Å²) in [6.45, 7) is 3.73. The number of rotatable bonds is 1. The summed E-state index contributed by atoms with van der Waals surface area (Å²) in [5.74, 6) is 1.87. The third-order valence-electron chi connectivity index (χ3n) is 4.48. The molecule has 1 spiro atoms. The number of nitrogens with one attached hydrogen (secondary N) is 1. The molecular weight excluding hydrogens is 190 g/mol. The molecular formula is C12H19NO2. The average molecular weight is 209 g/mol. The van der Waals surface area contributed by atoms with Crippen molar-refractivity contribution in [3.8, 4) is 0 Å². The van der Waals surface area contributed by atoms with Crippen LogP contribution >= 0.6 is 0 Å². The van der Waals surface area contributed by atoms with E-state index in [0.29, 0.717) is 5.92 Å². The summed E-state index contributed by atoms with van der Waals surface area (Å²) in [7, 11) is 0. The van der Waals surface area contributed by atoms with E-state index in [2.05, 4.69) is 12.2 Å². The Balaban J connectivity index is 1.88. The van der Waals surface area contributed by atoms with Crippen LogP contribution in [0, 0.1) is 17.8 Å². The van der Waals surface area contributed by atoms with Crippen molar-refractivity contribution in [2.45, 2.75) is 38.1 Å². The van der Waals surface area contributed by atoms with Crippen LogP contribution in [-0.4, -0.2) is 24.7 Å². The first-order valence-electron chi connectivity index (χ1n) is 6.13. The van der Waals surface area contributed by atoms with Crippen LogP contribution in [0.4, 0.5) is 0 Å². The number of amides is 1. The van der Waals surface area contributed by atoms with Crippen LogP contribution in [-0.2, 0) is 9.53 Å². The Morgan fingerprint density at radius 2 is 2.00 bits per heavy atom. The van der Waals surface area contributed by atoms with Gasteiger partial charge in [0.05, 0.1) is 0 Å². The fraction of sp³-hybridized carbons (Fsp3) is 0.917. The third kappa shape index (κ3) is 1.40. The van der Waals surface area contributed by atoms with Gasteiger partial charge in [0, 0.05) is 24.7 Å². The van der Waals surface area contributed by atoms with Gasteiger partial charge in [0.25, 0.3) is 0 Å². The molecule has 84 valence electrons. The van der Waals surface area contributed by atoms with Gasteiger partial charge in [-0.3, -0.25) is 4.79 Å². The maximum Gasteiger partial charge on any atom is 0.223 e. The van der Waals surface area contributed by atoms with Gasteiger partial charge in [-0.2, -0.15) is 0 Å². The van der Waals surface area contributed by atoms with Crippen LogP contribution < -0.4 is 5.32 Å². The molecule has 3 heteroatoms. The van der Waals surface area contributed by atoms with Crippen LogP contribution in [0.25, 0.3) is 0 Å². The lowest BCUT2D eigenvalue weighted by atomic mass is 9.73. The summed E-state index contributed by atoms with van der Waals surface area (Å²) >= 11 is 0. The van der Waals surface area contributed by atoms with Crippen molar-refractivity contribution in [3.63, 3.8) is 0 Å². The highest BCUT2D eigenvalue weighted by molar-refractivity contribution is 5.82. The Bertz CT molecular complexity index is 279. The normalized spacial score (nSPS) is 39.4. The molecule has 0 aromatic rings. The largest absolute Gasteiger partial charge is 0.381 e. The monoisotopic (exact) mass is 209 g/mol. The van der Waals surface area contributed by atoms with E-state index in [1.54, 1.807) is 0 Å². The van der Waals surface area contributed by atoms with E-state index < -0.39 is 0 Å². The lowest BCUT2D eigenvalue weighted by Gasteiger charge is -2.39. The molecule has 0 bridgehead atoms. The van der Waals surface area contributed by atoms with Crippen molar-refractivity contribution in [3.05, 3.63) is 0 Å². The van der Waals surface area contributed by atoms with E-state index in [0.717, 1.165) is 32.0 Å². The predicted molar refractivity (Wildman–Crippen MR) is 56.3 cm³/mol.